The van der Waals surface area contributed by atoms with Crippen LogP contribution < -0.4 is 10.5 Å². The molecule has 1 aliphatic rings. The highest BCUT2D eigenvalue weighted by molar-refractivity contribution is 14.0. The number of hydrogen-bond acceptors (Lipinski definition) is 3. The SMILES string of the molecule is CCCCOc1ccc(CCN=C(N)N2CCSCC2)cc1.I. The van der Waals surface area contributed by atoms with E-state index in [0.717, 1.165) is 62.8 Å². The fraction of sp³-hybridized carbons (Fsp3) is 0.588. The van der Waals surface area contributed by atoms with Gasteiger partial charge in [0.2, 0.25) is 0 Å². The Morgan fingerprint density at radius 1 is 1.26 bits per heavy atom. The number of nitrogens with two attached hydrogens (primary N) is 1. The Morgan fingerprint density at radius 3 is 2.61 bits per heavy atom. The lowest BCUT2D eigenvalue weighted by Crippen LogP contribution is -2.42. The average molecular weight is 449 g/mol. The monoisotopic (exact) mass is 449 g/mol. The molecule has 0 aromatic heterocycles. The molecule has 0 unspecified atom stereocenters. The first-order valence-corrected chi connectivity index (χ1v) is 9.29. The van der Waals surface area contributed by atoms with Gasteiger partial charge >= 0.3 is 0 Å². The van der Waals surface area contributed by atoms with Crippen molar-refractivity contribution in [1.82, 2.24) is 4.90 Å². The summed E-state index contributed by atoms with van der Waals surface area (Å²) < 4.78 is 5.67. The number of ether oxygens (including phenoxy) is 1. The number of benzene rings is 1. The summed E-state index contributed by atoms with van der Waals surface area (Å²) in [4.78, 5) is 6.69. The first kappa shape index (κ1) is 20.4. The highest BCUT2D eigenvalue weighted by Gasteiger charge is 2.11. The Kier molecular flexibility index (Phi) is 10.5. The van der Waals surface area contributed by atoms with Gasteiger partial charge in [0.15, 0.2) is 5.96 Å². The fourth-order valence-electron chi connectivity index (χ4n) is 2.28. The van der Waals surface area contributed by atoms with E-state index >= 15 is 0 Å². The van der Waals surface area contributed by atoms with Gasteiger partial charge in [0.1, 0.15) is 5.75 Å². The van der Waals surface area contributed by atoms with E-state index in [2.05, 4.69) is 28.9 Å². The zero-order valence-electron chi connectivity index (χ0n) is 13.9. The molecule has 0 aliphatic carbocycles. The summed E-state index contributed by atoms with van der Waals surface area (Å²) >= 11 is 1.98. The van der Waals surface area contributed by atoms with Crippen molar-refractivity contribution in [2.24, 2.45) is 10.7 Å². The van der Waals surface area contributed by atoms with Crippen molar-refractivity contribution in [1.29, 1.82) is 0 Å². The van der Waals surface area contributed by atoms with Gasteiger partial charge < -0.3 is 15.4 Å². The second-order valence-corrected chi connectivity index (χ2v) is 6.66. The highest BCUT2D eigenvalue weighted by atomic mass is 127. The third kappa shape index (κ3) is 7.65. The molecule has 1 aromatic carbocycles. The van der Waals surface area contributed by atoms with E-state index in [9.17, 15) is 0 Å². The van der Waals surface area contributed by atoms with Crippen LogP contribution >= 0.6 is 35.7 Å². The number of aliphatic imine (C=N–C) groups is 1. The minimum absolute atomic E-state index is 0. The molecular weight excluding hydrogens is 421 g/mol. The maximum atomic E-state index is 6.05. The van der Waals surface area contributed by atoms with Gasteiger partial charge in [0.05, 0.1) is 6.61 Å². The predicted octanol–water partition coefficient (Wildman–Crippen LogP) is 3.39. The van der Waals surface area contributed by atoms with Gasteiger partial charge in [-0.1, -0.05) is 25.5 Å². The smallest absolute Gasteiger partial charge is 0.191 e. The van der Waals surface area contributed by atoms with E-state index in [4.69, 9.17) is 10.5 Å². The average Bonchev–Trinajstić information content (AvgIpc) is 2.57. The van der Waals surface area contributed by atoms with Crippen molar-refractivity contribution in [2.75, 3.05) is 37.7 Å². The summed E-state index contributed by atoms with van der Waals surface area (Å²) in [6.07, 6.45) is 3.18. The largest absolute Gasteiger partial charge is 0.494 e. The molecule has 23 heavy (non-hydrogen) atoms. The Hall–Kier alpha value is -0.630. The molecule has 6 heteroatoms. The van der Waals surface area contributed by atoms with Crippen molar-refractivity contribution >= 4 is 41.7 Å². The summed E-state index contributed by atoms with van der Waals surface area (Å²) in [7, 11) is 0. The molecule has 2 rings (SSSR count). The Labute approximate surface area is 161 Å². The topological polar surface area (TPSA) is 50.9 Å². The minimum Gasteiger partial charge on any atom is -0.494 e. The number of guanidine groups is 1. The molecule has 2 N–H and O–H groups in total. The number of thioether (sulfide) groups is 1. The number of nitrogens with zero attached hydrogens (tertiary/aromatic N) is 2. The Morgan fingerprint density at radius 2 is 1.96 bits per heavy atom. The molecular formula is C17H28IN3OS. The van der Waals surface area contributed by atoms with Gasteiger partial charge in [0, 0.05) is 31.1 Å². The summed E-state index contributed by atoms with van der Waals surface area (Å²) in [6, 6.07) is 8.31. The summed E-state index contributed by atoms with van der Waals surface area (Å²) in [5.74, 6) is 3.94. The van der Waals surface area contributed by atoms with Crippen LogP contribution in [0.5, 0.6) is 5.75 Å². The predicted molar refractivity (Wildman–Crippen MR) is 111 cm³/mol. The Balaban J connectivity index is 0.00000264. The fourth-order valence-corrected chi connectivity index (χ4v) is 3.18. The maximum absolute atomic E-state index is 6.05. The second kappa shape index (κ2) is 11.8. The van der Waals surface area contributed by atoms with E-state index in [1.54, 1.807) is 0 Å². The van der Waals surface area contributed by atoms with Crippen LogP contribution in [0, 0.1) is 0 Å². The van der Waals surface area contributed by atoms with Crippen LogP contribution in [0.1, 0.15) is 25.3 Å². The zero-order chi connectivity index (χ0) is 15.6. The molecule has 0 saturated carbocycles. The van der Waals surface area contributed by atoms with Crippen LogP contribution in [0.25, 0.3) is 0 Å². The van der Waals surface area contributed by atoms with Gasteiger partial charge in [-0.25, -0.2) is 0 Å². The van der Waals surface area contributed by atoms with Crippen molar-refractivity contribution in [3.63, 3.8) is 0 Å². The van der Waals surface area contributed by atoms with E-state index in [0.29, 0.717) is 5.96 Å². The molecule has 1 saturated heterocycles. The molecule has 1 heterocycles. The number of halogens is 1. The third-order valence-electron chi connectivity index (χ3n) is 3.70. The normalized spacial score (nSPS) is 15.2. The lowest BCUT2D eigenvalue weighted by Gasteiger charge is -2.27. The van der Waals surface area contributed by atoms with Gasteiger partial charge in [-0.15, -0.1) is 24.0 Å². The van der Waals surface area contributed by atoms with Gasteiger partial charge in [0.25, 0.3) is 0 Å². The standard InChI is InChI=1S/C17H27N3OS.HI/c1-2-3-12-21-16-6-4-15(5-7-16)8-9-19-17(18)20-10-13-22-14-11-20;/h4-7H,2-3,8-14H2,1H3,(H2,18,19);1H. The number of unbranched alkanes of at least 4 members (excludes halogenated alkanes) is 1. The van der Waals surface area contributed by atoms with Crippen LogP contribution in [0.15, 0.2) is 29.3 Å². The van der Waals surface area contributed by atoms with Crippen LogP contribution in [0.3, 0.4) is 0 Å². The van der Waals surface area contributed by atoms with Crippen molar-refractivity contribution in [3.05, 3.63) is 29.8 Å². The summed E-state index contributed by atoms with van der Waals surface area (Å²) in [5.41, 5.74) is 7.32. The van der Waals surface area contributed by atoms with Crippen LogP contribution in [0.4, 0.5) is 0 Å². The minimum atomic E-state index is 0. The molecule has 1 fully saturated rings. The van der Waals surface area contributed by atoms with Crippen molar-refractivity contribution in [2.45, 2.75) is 26.2 Å². The van der Waals surface area contributed by atoms with Gasteiger partial charge in [-0.2, -0.15) is 11.8 Å². The maximum Gasteiger partial charge on any atom is 0.191 e. The van der Waals surface area contributed by atoms with Crippen molar-refractivity contribution in [3.8, 4) is 5.75 Å². The second-order valence-electron chi connectivity index (χ2n) is 5.44. The Bertz CT molecular complexity index is 461. The lowest BCUT2D eigenvalue weighted by atomic mass is 10.1. The molecule has 0 atom stereocenters. The molecule has 4 nitrogen and oxygen atoms in total. The van der Waals surface area contributed by atoms with E-state index < -0.39 is 0 Å². The lowest BCUT2D eigenvalue weighted by molar-refractivity contribution is 0.309. The molecule has 0 bridgehead atoms. The van der Waals surface area contributed by atoms with Crippen LogP contribution in [-0.2, 0) is 6.42 Å². The zero-order valence-corrected chi connectivity index (χ0v) is 17.0. The van der Waals surface area contributed by atoms with Gasteiger partial charge in [-0.3, -0.25) is 4.99 Å². The van der Waals surface area contributed by atoms with Crippen molar-refractivity contribution < 1.29 is 4.74 Å². The summed E-state index contributed by atoms with van der Waals surface area (Å²) in [6.45, 7) is 5.74. The molecule has 0 spiro atoms. The molecule has 0 radical (unpaired) electrons. The molecule has 1 aromatic rings. The third-order valence-corrected chi connectivity index (χ3v) is 4.64. The van der Waals surface area contributed by atoms with Crippen LogP contribution in [-0.4, -0.2) is 48.6 Å². The number of rotatable bonds is 7. The quantitative estimate of drug-likeness (QED) is 0.300. The molecule has 1 aliphatic heterocycles. The highest BCUT2D eigenvalue weighted by Crippen LogP contribution is 2.13. The van der Waals surface area contributed by atoms with Gasteiger partial charge in [-0.05, 0) is 30.5 Å². The van der Waals surface area contributed by atoms with E-state index in [1.165, 1.54) is 5.56 Å². The first-order chi connectivity index (χ1) is 10.8. The molecule has 0 amide bonds. The van der Waals surface area contributed by atoms with E-state index in [-0.39, 0.29) is 24.0 Å². The summed E-state index contributed by atoms with van der Waals surface area (Å²) in [5, 5.41) is 0. The first-order valence-electron chi connectivity index (χ1n) is 8.14. The molecule has 130 valence electrons. The van der Waals surface area contributed by atoms with E-state index in [1.807, 2.05) is 23.9 Å². The van der Waals surface area contributed by atoms with Crippen LogP contribution in [0.2, 0.25) is 0 Å². The number of hydrogen-bond donors (Lipinski definition) is 1.